The molecule has 3 aliphatic rings. The number of anilines is 1. The van der Waals surface area contributed by atoms with Crippen molar-refractivity contribution in [2.24, 2.45) is 7.05 Å². The molecule has 11 heteroatoms. The molecule has 216 valence electrons. The van der Waals surface area contributed by atoms with E-state index in [0.29, 0.717) is 24.1 Å². The summed E-state index contributed by atoms with van der Waals surface area (Å²) >= 11 is 0. The van der Waals surface area contributed by atoms with Gasteiger partial charge in [0.05, 0.1) is 18.1 Å². The number of aromatic nitrogens is 3. The van der Waals surface area contributed by atoms with Crippen LogP contribution in [0.15, 0.2) is 42.7 Å². The number of aryl methyl sites for hydroxylation is 1. The molecular formula is C30H33F2N5O4. The molecule has 0 saturated heterocycles. The van der Waals surface area contributed by atoms with E-state index in [1.165, 1.54) is 15.9 Å². The van der Waals surface area contributed by atoms with Crippen LogP contribution in [-0.4, -0.2) is 55.5 Å². The van der Waals surface area contributed by atoms with E-state index in [2.05, 4.69) is 10.2 Å². The summed E-state index contributed by atoms with van der Waals surface area (Å²) in [5.74, 6) is 0.417. The van der Waals surface area contributed by atoms with Crippen molar-refractivity contribution in [1.29, 1.82) is 0 Å². The number of carbonyl (C=O) groups is 2. The fourth-order valence-electron chi connectivity index (χ4n) is 6.74. The Morgan fingerprint density at radius 2 is 2.00 bits per heavy atom. The Bertz CT molecular complexity index is 1510. The van der Waals surface area contributed by atoms with E-state index in [9.17, 15) is 23.5 Å². The first-order valence-corrected chi connectivity index (χ1v) is 13.8. The number of halogens is 2. The highest BCUT2D eigenvalue weighted by atomic mass is 19.3. The molecule has 2 aliphatic carbocycles. The molecular weight excluding hydrogens is 532 g/mol. The maximum atomic E-state index is 14.3. The third kappa shape index (κ3) is 4.37. The number of benzene rings is 2. The lowest BCUT2D eigenvalue weighted by atomic mass is 9.62. The zero-order valence-electron chi connectivity index (χ0n) is 23.3. The molecule has 1 aliphatic heterocycles. The maximum absolute atomic E-state index is 14.3. The molecule has 3 aromatic rings. The van der Waals surface area contributed by atoms with Gasteiger partial charge in [-0.25, -0.2) is 13.6 Å². The first-order chi connectivity index (χ1) is 19.6. The molecule has 6 rings (SSSR count). The molecule has 0 spiro atoms. The standard InChI is InChI=1S/C30H33F2N5O4/c1-29(8-5-9-29)37(28(39)40)15-18-10-22(25(31)32)24-16-36(26(38)23(24)11-18)20-7-4-6-19(12-20)30(13-21(14-30)41-3)27-34-33-17-35(27)2/h4,6-7,10-12,17,21,25H,5,8-9,13-16H2,1-3H3,(H,39,40). The van der Waals surface area contributed by atoms with Crippen LogP contribution in [0.5, 0.6) is 0 Å². The van der Waals surface area contributed by atoms with Crippen LogP contribution in [0.25, 0.3) is 0 Å². The van der Waals surface area contributed by atoms with Crippen molar-refractivity contribution in [1.82, 2.24) is 19.7 Å². The van der Waals surface area contributed by atoms with Crippen LogP contribution in [-0.2, 0) is 30.3 Å². The van der Waals surface area contributed by atoms with Gasteiger partial charge in [0.25, 0.3) is 12.3 Å². The van der Waals surface area contributed by atoms with E-state index in [-0.39, 0.29) is 41.8 Å². The number of ether oxygens (including phenoxy) is 1. The molecule has 1 N–H and O–H groups in total. The number of carbonyl (C=O) groups excluding carboxylic acids is 1. The number of hydrogen-bond donors (Lipinski definition) is 1. The van der Waals surface area contributed by atoms with Gasteiger partial charge in [-0.05, 0) is 80.0 Å². The smallest absolute Gasteiger partial charge is 0.408 e. The van der Waals surface area contributed by atoms with Gasteiger partial charge in [0, 0.05) is 43.1 Å². The number of hydrogen-bond acceptors (Lipinski definition) is 5. The molecule has 1 aromatic heterocycles. The van der Waals surface area contributed by atoms with Gasteiger partial charge in [-0.3, -0.25) is 9.69 Å². The van der Waals surface area contributed by atoms with E-state index in [1.54, 1.807) is 25.6 Å². The fourth-order valence-corrected chi connectivity index (χ4v) is 6.74. The molecule has 9 nitrogen and oxygen atoms in total. The number of carboxylic acid groups (broad SMARTS) is 1. The predicted molar refractivity (Wildman–Crippen MR) is 146 cm³/mol. The zero-order valence-corrected chi connectivity index (χ0v) is 23.3. The van der Waals surface area contributed by atoms with E-state index >= 15 is 0 Å². The summed E-state index contributed by atoms with van der Waals surface area (Å²) in [4.78, 5) is 28.6. The average molecular weight is 566 g/mol. The third-order valence-corrected chi connectivity index (χ3v) is 9.36. The molecule has 0 atom stereocenters. The summed E-state index contributed by atoms with van der Waals surface area (Å²) in [6.07, 6.45) is 1.57. The number of rotatable bonds is 8. The van der Waals surface area contributed by atoms with Crippen LogP contribution in [0.4, 0.5) is 19.3 Å². The van der Waals surface area contributed by atoms with Gasteiger partial charge in [-0.2, -0.15) is 0 Å². The van der Waals surface area contributed by atoms with Gasteiger partial charge in [-0.1, -0.05) is 12.1 Å². The van der Waals surface area contributed by atoms with E-state index in [0.717, 1.165) is 30.7 Å². The lowest BCUT2D eigenvalue weighted by Crippen LogP contribution is -2.53. The van der Waals surface area contributed by atoms with Gasteiger partial charge < -0.3 is 19.3 Å². The van der Waals surface area contributed by atoms with Crippen LogP contribution in [0.2, 0.25) is 0 Å². The lowest BCUT2D eigenvalue weighted by molar-refractivity contribution is -0.00696. The molecule has 2 amide bonds. The fraction of sp³-hybridized carbons (Fsp3) is 0.467. The summed E-state index contributed by atoms with van der Waals surface area (Å²) < 4.78 is 36.1. The minimum Gasteiger partial charge on any atom is -0.465 e. The van der Waals surface area contributed by atoms with Crippen molar-refractivity contribution in [2.75, 3.05) is 12.0 Å². The highest BCUT2D eigenvalue weighted by molar-refractivity contribution is 6.10. The molecule has 0 unspecified atom stereocenters. The topological polar surface area (TPSA) is 101 Å². The summed E-state index contributed by atoms with van der Waals surface area (Å²) in [6.45, 7) is 1.83. The highest BCUT2D eigenvalue weighted by Gasteiger charge is 2.50. The molecule has 2 aromatic carbocycles. The van der Waals surface area contributed by atoms with Gasteiger partial charge in [0.2, 0.25) is 0 Å². The van der Waals surface area contributed by atoms with Crippen molar-refractivity contribution < 1.29 is 28.2 Å². The monoisotopic (exact) mass is 565 g/mol. The second-order valence-corrected chi connectivity index (χ2v) is 11.8. The lowest BCUT2D eigenvalue weighted by Gasteiger charge is -2.46. The molecule has 2 heterocycles. The molecule has 2 fully saturated rings. The maximum Gasteiger partial charge on any atom is 0.408 e. The first kappa shape index (κ1) is 27.3. The van der Waals surface area contributed by atoms with Crippen molar-refractivity contribution in [3.8, 4) is 0 Å². The Labute approximate surface area is 236 Å². The number of methoxy groups -OCH3 is 1. The third-order valence-electron chi connectivity index (χ3n) is 9.36. The summed E-state index contributed by atoms with van der Waals surface area (Å²) in [7, 11) is 3.57. The molecule has 0 radical (unpaired) electrons. The van der Waals surface area contributed by atoms with E-state index in [4.69, 9.17) is 4.74 Å². The quantitative estimate of drug-likeness (QED) is 0.391. The van der Waals surface area contributed by atoms with Crippen molar-refractivity contribution in [3.63, 3.8) is 0 Å². The Balaban J connectivity index is 1.34. The first-order valence-electron chi connectivity index (χ1n) is 13.8. The van der Waals surface area contributed by atoms with Crippen molar-refractivity contribution in [2.45, 2.75) is 75.6 Å². The van der Waals surface area contributed by atoms with Crippen LogP contribution in [0.1, 0.15) is 83.9 Å². The Kier molecular flexibility index (Phi) is 6.60. The number of alkyl halides is 2. The van der Waals surface area contributed by atoms with Crippen LogP contribution in [0, 0.1) is 0 Å². The van der Waals surface area contributed by atoms with Crippen LogP contribution >= 0.6 is 0 Å². The Morgan fingerprint density at radius 1 is 1.24 bits per heavy atom. The van der Waals surface area contributed by atoms with Gasteiger partial charge >= 0.3 is 6.09 Å². The normalized spacial score (nSPS) is 22.8. The highest BCUT2D eigenvalue weighted by Crippen LogP contribution is 2.50. The largest absolute Gasteiger partial charge is 0.465 e. The average Bonchev–Trinajstić information content (AvgIpc) is 3.48. The Morgan fingerprint density at radius 3 is 2.59 bits per heavy atom. The second-order valence-electron chi connectivity index (χ2n) is 11.8. The van der Waals surface area contributed by atoms with E-state index < -0.39 is 23.5 Å². The van der Waals surface area contributed by atoms with Gasteiger partial charge in [0.1, 0.15) is 12.2 Å². The van der Waals surface area contributed by atoms with Crippen molar-refractivity contribution in [3.05, 3.63) is 76.4 Å². The summed E-state index contributed by atoms with van der Waals surface area (Å²) in [6, 6.07) is 10.5. The van der Waals surface area contributed by atoms with Gasteiger partial charge in [0.15, 0.2) is 0 Å². The predicted octanol–water partition coefficient (Wildman–Crippen LogP) is 5.43. The summed E-state index contributed by atoms with van der Waals surface area (Å²) in [5.41, 5.74) is 1.20. The van der Waals surface area contributed by atoms with Crippen LogP contribution in [0.3, 0.4) is 0 Å². The van der Waals surface area contributed by atoms with Gasteiger partial charge in [-0.15, -0.1) is 10.2 Å². The minimum absolute atomic E-state index is 0.00951. The van der Waals surface area contributed by atoms with Crippen LogP contribution < -0.4 is 4.90 Å². The second kappa shape index (κ2) is 9.90. The number of fused-ring (bicyclic) bond motifs is 1. The van der Waals surface area contributed by atoms with Crippen molar-refractivity contribution >= 4 is 17.7 Å². The molecule has 0 bridgehead atoms. The molecule has 2 saturated carbocycles. The SMILES string of the molecule is COC1CC(c2cccc(N3Cc4c(cc(CN(C(=O)O)C5(C)CCC5)cc4C(F)F)C3=O)c2)(c2nncn2C)C1. The zero-order chi connectivity index (χ0) is 29.1. The number of amides is 2. The number of nitrogens with zero attached hydrogens (tertiary/aromatic N) is 5. The Hall–Kier alpha value is -3.86. The summed E-state index contributed by atoms with van der Waals surface area (Å²) in [5, 5.41) is 18.3. The molecule has 41 heavy (non-hydrogen) atoms. The minimum atomic E-state index is -2.81. The van der Waals surface area contributed by atoms with E-state index in [1.807, 2.05) is 36.7 Å².